The third-order valence-corrected chi connectivity index (χ3v) is 4.72. The fourth-order valence-electron chi connectivity index (χ4n) is 2.70. The molecule has 1 atom stereocenters. The Morgan fingerprint density at radius 2 is 1.81 bits per heavy atom. The molecule has 4 nitrogen and oxygen atoms in total. The van der Waals surface area contributed by atoms with Crippen molar-refractivity contribution in [3.8, 4) is 5.75 Å². The van der Waals surface area contributed by atoms with E-state index in [0.29, 0.717) is 6.42 Å². The molecule has 26 heavy (non-hydrogen) atoms. The minimum absolute atomic E-state index is 0.0935. The van der Waals surface area contributed by atoms with Gasteiger partial charge in [0.15, 0.2) is 0 Å². The molecule has 0 bridgehead atoms. The van der Waals surface area contributed by atoms with Crippen LogP contribution in [0.3, 0.4) is 0 Å². The van der Waals surface area contributed by atoms with E-state index in [9.17, 15) is 4.79 Å². The van der Waals surface area contributed by atoms with Gasteiger partial charge in [-0.1, -0.05) is 54.0 Å². The van der Waals surface area contributed by atoms with Crippen molar-refractivity contribution in [1.82, 2.24) is 5.01 Å². The van der Waals surface area contributed by atoms with E-state index >= 15 is 0 Å². The van der Waals surface area contributed by atoms with Crippen molar-refractivity contribution in [3.05, 3.63) is 64.1 Å². The van der Waals surface area contributed by atoms with E-state index in [2.05, 4.69) is 21.0 Å². The van der Waals surface area contributed by atoms with Gasteiger partial charge in [0.1, 0.15) is 11.6 Å². The van der Waals surface area contributed by atoms with Crippen LogP contribution in [0, 0.1) is 0 Å². The number of halogens is 2. The minimum Gasteiger partial charge on any atom is -0.497 e. The van der Waals surface area contributed by atoms with Gasteiger partial charge in [0.2, 0.25) is 0 Å². The molecule has 0 fully saturated rings. The Bertz CT molecular complexity index is 760. The summed E-state index contributed by atoms with van der Waals surface area (Å²) in [6, 6.07) is 15.4. The molecule has 0 saturated heterocycles. The molecule has 0 aromatic heterocycles. The molecule has 0 spiro atoms. The smallest absolute Gasteiger partial charge is 0.258 e. The number of amides is 1. The Kier molecular flexibility index (Phi) is 7.66. The van der Waals surface area contributed by atoms with E-state index < -0.39 is 0 Å². The highest BCUT2D eigenvalue weighted by Crippen LogP contribution is 2.33. The van der Waals surface area contributed by atoms with Crippen LogP contribution in [-0.4, -0.2) is 29.6 Å². The summed E-state index contributed by atoms with van der Waals surface area (Å²) in [7, 11) is 1.63. The normalized spacial score (nSPS) is 15.8. The predicted octanol–water partition coefficient (Wildman–Crippen LogP) is 5.40. The summed E-state index contributed by atoms with van der Waals surface area (Å²) >= 11 is 9.19. The average molecular weight is 438 g/mol. The molecule has 1 unspecified atom stereocenters. The van der Waals surface area contributed by atoms with Crippen molar-refractivity contribution < 1.29 is 9.53 Å². The Morgan fingerprint density at radius 1 is 1.19 bits per heavy atom. The maximum atomic E-state index is 12.2. The van der Waals surface area contributed by atoms with Gasteiger partial charge in [-0.15, -0.1) is 11.6 Å². The number of hydrogen-bond donors (Lipinski definition) is 0. The van der Waals surface area contributed by atoms with E-state index in [1.54, 1.807) is 7.11 Å². The lowest BCUT2D eigenvalue weighted by molar-refractivity contribution is -0.130. The van der Waals surface area contributed by atoms with Gasteiger partial charge >= 0.3 is 0 Å². The lowest BCUT2D eigenvalue weighted by Gasteiger charge is -2.21. The zero-order valence-electron chi connectivity index (χ0n) is 15.1. The second-order valence-corrected chi connectivity index (χ2v) is 6.60. The van der Waals surface area contributed by atoms with E-state index in [1.165, 1.54) is 5.01 Å². The molecule has 0 aliphatic carbocycles. The van der Waals surface area contributed by atoms with Crippen LogP contribution in [0.4, 0.5) is 0 Å². The lowest BCUT2D eigenvalue weighted by atomic mass is 9.98. The lowest BCUT2D eigenvalue weighted by Crippen LogP contribution is -2.27. The van der Waals surface area contributed by atoms with Gasteiger partial charge in [-0.05, 0) is 35.4 Å². The fraction of sp³-hybridized carbons (Fsp3) is 0.300. The minimum atomic E-state index is -0.204. The first-order chi connectivity index (χ1) is 12.6. The average Bonchev–Trinajstić information content (AvgIpc) is 3.15. The van der Waals surface area contributed by atoms with Crippen molar-refractivity contribution in [2.75, 3.05) is 13.0 Å². The standard InChI is InChI=1S/C18H16BrClN2O2.C2H6/c1-24-15-8-4-13(5-9-15)17-10-16(21-22(17)18(23)11-20)12-2-6-14(19)7-3-12;1-2/h2-9,17H,10-11H2,1H3;1-2H3. The summed E-state index contributed by atoms with van der Waals surface area (Å²) in [4.78, 5) is 12.2. The SMILES string of the molecule is CC.COc1ccc(C2CC(c3ccc(Br)cc3)=NN2C(=O)CCl)cc1. The van der Waals surface area contributed by atoms with Gasteiger partial charge in [-0.3, -0.25) is 4.79 Å². The van der Waals surface area contributed by atoms with Gasteiger partial charge in [0, 0.05) is 10.9 Å². The van der Waals surface area contributed by atoms with E-state index in [1.807, 2.05) is 62.4 Å². The molecular formula is C20H22BrClN2O2. The third kappa shape index (κ3) is 4.65. The van der Waals surface area contributed by atoms with Gasteiger partial charge < -0.3 is 4.74 Å². The molecule has 2 aromatic carbocycles. The number of methoxy groups -OCH3 is 1. The quantitative estimate of drug-likeness (QED) is 0.601. The Hall–Kier alpha value is -1.85. The number of hydrogen-bond acceptors (Lipinski definition) is 3. The van der Waals surface area contributed by atoms with Crippen molar-refractivity contribution in [2.24, 2.45) is 5.10 Å². The van der Waals surface area contributed by atoms with E-state index in [-0.39, 0.29) is 17.8 Å². The topological polar surface area (TPSA) is 41.9 Å². The van der Waals surface area contributed by atoms with E-state index in [0.717, 1.165) is 27.1 Å². The molecule has 1 heterocycles. The van der Waals surface area contributed by atoms with Crippen LogP contribution >= 0.6 is 27.5 Å². The van der Waals surface area contributed by atoms with Gasteiger partial charge in [0.05, 0.1) is 18.9 Å². The number of rotatable bonds is 4. The zero-order valence-corrected chi connectivity index (χ0v) is 17.4. The predicted molar refractivity (Wildman–Crippen MR) is 110 cm³/mol. The molecule has 1 aliphatic rings. The highest BCUT2D eigenvalue weighted by atomic mass is 79.9. The molecular weight excluding hydrogens is 416 g/mol. The van der Waals surface area contributed by atoms with Crippen LogP contribution in [0.2, 0.25) is 0 Å². The second-order valence-electron chi connectivity index (χ2n) is 5.42. The van der Waals surface area contributed by atoms with Crippen molar-refractivity contribution in [2.45, 2.75) is 26.3 Å². The number of hydrazone groups is 1. The zero-order chi connectivity index (χ0) is 19.1. The highest BCUT2D eigenvalue weighted by Gasteiger charge is 2.32. The molecule has 2 aromatic rings. The van der Waals surface area contributed by atoms with Gasteiger partial charge in [-0.25, -0.2) is 5.01 Å². The molecule has 1 amide bonds. The second kappa shape index (κ2) is 9.74. The number of carbonyl (C=O) groups excluding carboxylic acids is 1. The van der Waals surface area contributed by atoms with Crippen LogP contribution < -0.4 is 4.74 Å². The molecule has 0 radical (unpaired) electrons. The summed E-state index contributed by atoms with van der Waals surface area (Å²) < 4.78 is 6.20. The van der Waals surface area contributed by atoms with Gasteiger partial charge in [0.25, 0.3) is 5.91 Å². The number of nitrogens with zero attached hydrogens (tertiary/aromatic N) is 2. The van der Waals surface area contributed by atoms with Crippen LogP contribution in [0.25, 0.3) is 0 Å². The Morgan fingerprint density at radius 3 is 2.35 bits per heavy atom. The molecule has 138 valence electrons. The van der Waals surface area contributed by atoms with Crippen LogP contribution in [0.5, 0.6) is 5.75 Å². The first-order valence-corrected chi connectivity index (χ1v) is 9.80. The molecule has 6 heteroatoms. The first kappa shape index (κ1) is 20.5. The fourth-order valence-corrected chi connectivity index (χ4v) is 3.09. The van der Waals surface area contributed by atoms with Gasteiger partial charge in [-0.2, -0.15) is 5.10 Å². The van der Waals surface area contributed by atoms with E-state index in [4.69, 9.17) is 16.3 Å². The highest BCUT2D eigenvalue weighted by molar-refractivity contribution is 9.10. The first-order valence-electron chi connectivity index (χ1n) is 8.47. The summed E-state index contributed by atoms with van der Waals surface area (Å²) in [5.41, 5.74) is 2.88. The largest absolute Gasteiger partial charge is 0.497 e. The number of carbonyl (C=O) groups is 1. The number of benzene rings is 2. The maximum absolute atomic E-state index is 12.2. The molecule has 3 rings (SSSR count). The summed E-state index contributed by atoms with van der Waals surface area (Å²) in [5, 5.41) is 6.02. The summed E-state index contributed by atoms with van der Waals surface area (Å²) in [6.45, 7) is 4.00. The molecule has 1 aliphatic heterocycles. The van der Waals surface area contributed by atoms with Crippen LogP contribution in [-0.2, 0) is 4.79 Å². The summed E-state index contributed by atoms with van der Waals surface area (Å²) in [5.74, 6) is 0.481. The maximum Gasteiger partial charge on any atom is 0.258 e. The van der Waals surface area contributed by atoms with Crippen LogP contribution in [0.15, 0.2) is 58.1 Å². The Labute approximate surface area is 167 Å². The van der Waals surface area contributed by atoms with Crippen molar-refractivity contribution >= 4 is 39.1 Å². The van der Waals surface area contributed by atoms with Crippen molar-refractivity contribution in [1.29, 1.82) is 0 Å². The van der Waals surface area contributed by atoms with Crippen molar-refractivity contribution in [3.63, 3.8) is 0 Å². The Balaban J connectivity index is 0.00000117. The summed E-state index contributed by atoms with van der Waals surface area (Å²) in [6.07, 6.45) is 0.649. The number of alkyl halides is 1. The third-order valence-electron chi connectivity index (χ3n) is 3.96. The van der Waals surface area contributed by atoms with Crippen LogP contribution in [0.1, 0.15) is 37.4 Å². The number of ether oxygens (including phenoxy) is 1. The molecule has 0 saturated carbocycles. The molecule has 0 N–H and O–H groups in total. The monoisotopic (exact) mass is 436 g/mol.